The minimum Gasteiger partial charge on any atom is -0.351 e. The minimum atomic E-state index is -0.456. The average Bonchev–Trinajstić information content (AvgIpc) is 2.45. The number of ether oxygens (including phenoxy) is 2. The maximum Gasteiger partial charge on any atom is 0.177 e. The lowest BCUT2D eigenvalue weighted by Gasteiger charge is -2.25. The molecule has 0 aliphatic heterocycles. The molecule has 0 heterocycles. The fourth-order valence-corrected chi connectivity index (χ4v) is 2.05. The van der Waals surface area contributed by atoms with Crippen LogP contribution in [-0.2, 0) is 9.47 Å². The Kier molecular flexibility index (Phi) is 7.18. The van der Waals surface area contributed by atoms with Crippen LogP contribution in [0.3, 0.4) is 0 Å². The molecule has 1 aromatic rings. The number of nitroso groups, excluding NO2 is 1. The molecule has 5 heteroatoms. The summed E-state index contributed by atoms with van der Waals surface area (Å²) in [5.74, 6) is 0.313. The van der Waals surface area contributed by atoms with E-state index in [0.717, 1.165) is 11.3 Å². The van der Waals surface area contributed by atoms with Crippen molar-refractivity contribution in [3.05, 3.63) is 34.7 Å². The summed E-state index contributed by atoms with van der Waals surface area (Å²) in [5.41, 5.74) is 1.89. The zero-order valence-corrected chi connectivity index (χ0v) is 12.7. The highest BCUT2D eigenvalue weighted by Gasteiger charge is 2.19. The Labute approximate surface area is 120 Å². The fraction of sp³-hybridized carbons (Fsp3) is 0.600. The molecule has 0 atom stereocenters. The van der Waals surface area contributed by atoms with Crippen molar-refractivity contribution >= 4 is 5.69 Å². The highest BCUT2D eigenvalue weighted by Crippen LogP contribution is 2.27. The van der Waals surface area contributed by atoms with Gasteiger partial charge in [-0.25, -0.2) is 5.01 Å². The van der Waals surface area contributed by atoms with E-state index in [2.05, 4.69) is 19.1 Å². The number of hydrogen-bond donors (Lipinski definition) is 0. The molecule has 0 N–H and O–H groups in total. The van der Waals surface area contributed by atoms with Gasteiger partial charge in [0.05, 0.1) is 17.5 Å². The van der Waals surface area contributed by atoms with Crippen LogP contribution in [0.4, 0.5) is 5.69 Å². The van der Waals surface area contributed by atoms with Crippen LogP contribution in [0.2, 0.25) is 0 Å². The van der Waals surface area contributed by atoms with Gasteiger partial charge in [-0.1, -0.05) is 32.0 Å². The van der Waals surface area contributed by atoms with E-state index in [9.17, 15) is 4.91 Å². The van der Waals surface area contributed by atoms with Crippen LogP contribution in [0.5, 0.6) is 0 Å². The summed E-state index contributed by atoms with van der Waals surface area (Å²) >= 11 is 0. The number of rotatable bonds is 9. The maximum absolute atomic E-state index is 11.2. The molecule has 0 aliphatic rings. The molecule has 0 amide bonds. The first-order chi connectivity index (χ1) is 9.63. The van der Waals surface area contributed by atoms with Crippen molar-refractivity contribution in [3.63, 3.8) is 0 Å². The van der Waals surface area contributed by atoms with Gasteiger partial charge in [0.25, 0.3) is 0 Å². The molecule has 0 spiro atoms. The van der Waals surface area contributed by atoms with Crippen molar-refractivity contribution in [2.24, 2.45) is 5.29 Å². The third-order valence-electron chi connectivity index (χ3n) is 2.96. The minimum absolute atomic E-state index is 0.287. The van der Waals surface area contributed by atoms with Gasteiger partial charge in [0.2, 0.25) is 0 Å². The lowest BCUT2D eigenvalue weighted by atomic mass is 10.0. The zero-order chi connectivity index (χ0) is 15.0. The topological polar surface area (TPSA) is 51.1 Å². The smallest absolute Gasteiger partial charge is 0.177 e. The van der Waals surface area contributed by atoms with E-state index in [4.69, 9.17) is 9.47 Å². The molecule has 0 aromatic heterocycles. The first-order valence-corrected chi connectivity index (χ1v) is 7.06. The van der Waals surface area contributed by atoms with Gasteiger partial charge in [-0.15, -0.1) is 4.91 Å². The summed E-state index contributed by atoms with van der Waals surface area (Å²) in [7, 11) is 0. The predicted molar refractivity (Wildman–Crippen MR) is 80.7 cm³/mol. The van der Waals surface area contributed by atoms with Gasteiger partial charge in [-0.3, -0.25) is 0 Å². The third-order valence-corrected chi connectivity index (χ3v) is 2.96. The molecule has 20 heavy (non-hydrogen) atoms. The quantitative estimate of drug-likeness (QED) is 0.393. The summed E-state index contributed by atoms with van der Waals surface area (Å²) in [6.45, 7) is 9.32. The Balaban J connectivity index is 2.92. The average molecular weight is 280 g/mol. The normalized spacial score (nSPS) is 11.1. The summed E-state index contributed by atoms with van der Waals surface area (Å²) in [4.78, 5) is 11.2. The van der Waals surface area contributed by atoms with Gasteiger partial charge in [-0.05, 0) is 31.4 Å². The van der Waals surface area contributed by atoms with E-state index in [-0.39, 0.29) is 6.54 Å². The summed E-state index contributed by atoms with van der Waals surface area (Å²) in [5, 5.41) is 4.54. The molecule has 0 aliphatic carbocycles. The first-order valence-electron chi connectivity index (χ1n) is 7.06. The Hall–Kier alpha value is -1.46. The molecule has 0 saturated heterocycles. The molecule has 0 fully saturated rings. The molecule has 0 radical (unpaired) electrons. The van der Waals surface area contributed by atoms with Gasteiger partial charge < -0.3 is 9.47 Å². The number of hydrogen-bond acceptors (Lipinski definition) is 4. The van der Waals surface area contributed by atoms with Crippen LogP contribution < -0.4 is 5.01 Å². The van der Waals surface area contributed by atoms with Gasteiger partial charge in [0, 0.05) is 13.2 Å². The molecular formula is C15H24N2O3. The molecule has 1 aromatic carbocycles. The fourth-order valence-electron chi connectivity index (χ4n) is 2.05. The van der Waals surface area contributed by atoms with E-state index in [1.165, 1.54) is 5.01 Å². The van der Waals surface area contributed by atoms with Crippen LogP contribution in [-0.4, -0.2) is 26.0 Å². The van der Waals surface area contributed by atoms with Crippen molar-refractivity contribution in [1.29, 1.82) is 0 Å². The van der Waals surface area contributed by atoms with E-state index in [0.29, 0.717) is 19.1 Å². The molecular weight excluding hydrogens is 256 g/mol. The Morgan fingerprint density at radius 1 is 1.15 bits per heavy atom. The molecule has 0 bridgehead atoms. The second kappa shape index (κ2) is 8.66. The second-order valence-electron chi connectivity index (χ2n) is 4.72. The van der Waals surface area contributed by atoms with Crippen LogP contribution >= 0.6 is 0 Å². The van der Waals surface area contributed by atoms with Crippen molar-refractivity contribution < 1.29 is 9.47 Å². The number of benzene rings is 1. The summed E-state index contributed by atoms with van der Waals surface area (Å²) < 4.78 is 10.9. The van der Waals surface area contributed by atoms with Gasteiger partial charge >= 0.3 is 0 Å². The van der Waals surface area contributed by atoms with E-state index < -0.39 is 6.29 Å². The van der Waals surface area contributed by atoms with Crippen molar-refractivity contribution in [1.82, 2.24) is 0 Å². The SMILES string of the molecule is CCOC(CN(N=O)c1ccccc1C(C)C)OCC. The number of para-hydroxylation sites is 1. The molecule has 0 saturated carbocycles. The largest absolute Gasteiger partial charge is 0.351 e. The molecule has 5 nitrogen and oxygen atoms in total. The van der Waals surface area contributed by atoms with Gasteiger partial charge in [0.1, 0.15) is 0 Å². The van der Waals surface area contributed by atoms with Gasteiger partial charge in [0.15, 0.2) is 6.29 Å². The number of nitrogens with zero attached hydrogens (tertiary/aromatic N) is 2. The first kappa shape index (κ1) is 16.6. The van der Waals surface area contributed by atoms with E-state index >= 15 is 0 Å². The summed E-state index contributed by atoms with van der Waals surface area (Å²) in [6, 6.07) is 7.76. The second-order valence-corrected chi connectivity index (χ2v) is 4.72. The van der Waals surface area contributed by atoms with E-state index in [1.54, 1.807) is 0 Å². The molecule has 1 rings (SSSR count). The standard InChI is InChI=1S/C15H24N2O3/c1-5-19-15(20-6-2)11-17(16-18)14-10-8-7-9-13(14)12(3)4/h7-10,12,15H,5-6,11H2,1-4H3. The van der Waals surface area contributed by atoms with Gasteiger partial charge in [-0.2, -0.15) is 0 Å². The monoisotopic (exact) mass is 280 g/mol. The van der Waals surface area contributed by atoms with Crippen LogP contribution in [0.15, 0.2) is 29.6 Å². The Morgan fingerprint density at radius 2 is 1.75 bits per heavy atom. The van der Waals surface area contributed by atoms with Crippen LogP contribution in [0.25, 0.3) is 0 Å². The lowest BCUT2D eigenvalue weighted by Crippen LogP contribution is -2.33. The molecule has 112 valence electrons. The highest BCUT2D eigenvalue weighted by atomic mass is 16.7. The lowest BCUT2D eigenvalue weighted by molar-refractivity contribution is -0.129. The zero-order valence-electron chi connectivity index (χ0n) is 12.7. The van der Waals surface area contributed by atoms with Crippen molar-refractivity contribution in [2.45, 2.75) is 39.9 Å². The van der Waals surface area contributed by atoms with E-state index in [1.807, 2.05) is 38.1 Å². The Bertz CT molecular complexity index is 404. The van der Waals surface area contributed by atoms with Crippen LogP contribution in [0.1, 0.15) is 39.2 Å². The van der Waals surface area contributed by atoms with Crippen LogP contribution in [0, 0.1) is 4.91 Å². The number of anilines is 1. The van der Waals surface area contributed by atoms with Crippen molar-refractivity contribution in [2.75, 3.05) is 24.8 Å². The highest BCUT2D eigenvalue weighted by molar-refractivity contribution is 5.54. The Morgan fingerprint density at radius 3 is 2.25 bits per heavy atom. The maximum atomic E-state index is 11.2. The van der Waals surface area contributed by atoms with Crippen molar-refractivity contribution in [3.8, 4) is 0 Å². The predicted octanol–water partition coefficient (Wildman–Crippen LogP) is 3.70. The third kappa shape index (κ3) is 4.58. The summed E-state index contributed by atoms with van der Waals surface area (Å²) in [6.07, 6.45) is -0.456. The molecule has 0 unspecified atom stereocenters.